The highest BCUT2D eigenvalue weighted by Crippen LogP contribution is 2.37. The van der Waals surface area contributed by atoms with Crippen LogP contribution in [0.5, 0.6) is 0 Å². The van der Waals surface area contributed by atoms with E-state index in [9.17, 15) is 37.5 Å². The van der Waals surface area contributed by atoms with Crippen LogP contribution in [0.25, 0.3) is 16.9 Å². The number of aliphatic hydroxyl groups excluding tert-OH is 1. The van der Waals surface area contributed by atoms with Gasteiger partial charge in [0, 0.05) is 51.5 Å². The lowest BCUT2D eigenvalue weighted by molar-refractivity contribution is -0.141. The van der Waals surface area contributed by atoms with Gasteiger partial charge in [-0.05, 0) is 51.1 Å². The number of aliphatic hydroxyl groups is 1. The molecule has 20 heteroatoms. The third-order valence-corrected chi connectivity index (χ3v) is 9.49. The molecule has 292 valence electrons. The van der Waals surface area contributed by atoms with Crippen molar-refractivity contribution in [2.75, 3.05) is 38.0 Å². The molecule has 4 aromatic rings. The van der Waals surface area contributed by atoms with Gasteiger partial charge in [-0.1, -0.05) is 23.2 Å². The second kappa shape index (κ2) is 15.1. The minimum atomic E-state index is -4.83. The summed E-state index contributed by atoms with van der Waals surface area (Å²) in [7, 11) is 1.38. The van der Waals surface area contributed by atoms with Crippen LogP contribution in [0, 0.1) is 0 Å². The summed E-state index contributed by atoms with van der Waals surface area (Å²) in [6.07, 6.45) is -2.77. The standard InChI is InChI=1S/C35H36Cl2F3N9O6/c1-34(2,3)55-33(54)48-17-21(50)14-25(48)32(53)47-11-9-46(10-12-47)31(52)22-7-5-19(13-24(22)36)43-30(51)29-42-16-26(45(29)4)23-18-49(44-28(23)35(38,39)40)20-6-8-27(37)41-15-20/h5-8,13,15-16,18,21,25,50H,9-12,14,17H2,1-4H3,(H,43,51)/t21-,25+/m1/s1. The number of nitrogens with one attached hydrogen (secondary N) is 1. The molecule has 2 N–H and O–H groups in total. The quantitative estimate of drug-likeness (QED) is 0.258. The molecule has 3 aromatic heterocycles. The highest BCUT2D eigenvalue weighted by atomic mass is 35.5. The van der Waals surface area contributed by atoms with Gasteiger partial charge in [0.2, 0.25) is 5.91 Å². The zero-order valence-electron chi connectivity index (χ0n) is 30.0. The Bertz CT molecular complexity index is 2130. The molecule has 15 nitrogen and oxygen atoms in total. The zero-order chi connectivity index (χ0) is 40.0. The fourth-order valence-electron chi connectivity index (χ4n) is 6.31. The highest BCUT2D eigenvalue weighted by molar-refractivity contribution is 6.34. The van der Waals surface area contributed by atoms with E-state index in [0.717, 1.165) is 17.1 Å². The van der Waals surface area contributed by atoms with Gasteiger partial charge >= 0.3 is 12.3 Å². The number of likely N-dealkylation sites (tertiary alicyclic amines) is 1. The molecule has 2 atom stereocenters. The number of β-amino-alcohol motifs (C(OH)–C–C–N with tert-alkyl or cyclic N) is 1. The Labute approximate surface area is 322 Å². The molecular weight excluding hydrogens is 770 g/mol. The predicted molar refractivity (Wildman–Crippen MR) is 193 cm³/mol. The zero-order valence-corrected chi connectivity index (χ0v) is 31.5. The lowest BCUT2D eigenvalue weighted by Gasteiger charge is -2.37. The number of hydrogen-bond donors (Lipinski definition) is 2. The van der Waals surface area contributed by atoms with Crippen LogP contribution in [0.15, 0.2) is 48.9 Å². The summed E-state index contributed by atoms with van der Waals surface area (Å²) < 4.78 is 49.8. The van der Waals surface area contributed by atoms with E-state index >= 15 is 0 Å². The summed E-state index contributed by atoms with van der Waals surface area (Å²) in [5.74, 6) is -1.73. The van der Waals surface area contributed by atoms with Crippen LogP contribution in [-0.4, -0.2) is 118 Å². The number of nitrogens with zero attached hydrogens (tertiary/aromatic N) is 8. The van der Waals surface area contributed by atoms with Gasteiger partial charge in [0.1, 0.15) is 16.8 Å². The highest BCUT2D eigenvalue weighted by Gasteiger charge is 2.43. The smallest absolute Gasteiger partial charge is 0.435 e. The number of carbonyl (C=O) groups is 4. The summed E-state index contributed by atoms with van der Waals surface area (Å²) in [6.45, 7) is 5.81. The lowest BCUT2D eigenvalue weighted by Crippen LogP contribution is -2.55. The summed E-state index contributed by atoms with van der Waals surface area (Å²) >= 11 is 12.3. The van der Waals surface area contributed by atoms with Crippen LogP contribution in [0.1, 0.15) is 53.9 Å². The van der Waals surface area contributed by atoms with Crippen LogP contribution in [-0.2, 0) is 22.8 Å². The Morgan fingerprint density at radius 3 is 2.27 bits per heavy atom. The molecule has 55 heavy (non-hydrogen) atoms. The first-order valence-electron chi connectivity index (χ1n) is 17.0. The molecule has 0 aliphatic carbocycles. The number of piperazine rings is 1. The van der Waals surface area contributed by atoms with E-state index in [0.29, 0.717) is 0 Å². The lowest BCUT2D eigenvalue weighted by atomic mass is 10.1. The molecule has 2 fully saturated rings. The Hall–Kier alpha value is -5.20. The summed E-state index contributed by atoms with van der Waals surface area (Å²) in [5.41, 5.74) is -1.78. The Morgan fingerprint density at radius 2 is 1.65 bits per heavy atom. The normalized spacial score (nSPS) is 17.7. The van der Waals surface area contributed by atoms with Gasteiger partial charge in [-0.2, -0.15) is 18.3 Å². The van der Waals surface area contributed by atoms with E-state index in [4.69, 9.17) is 27.9 Å². The molecule has 5 heterocycles. The average molecular weight is 807 g/mol. The number of alkyl halides is 3. The molecule has 0 bridgehead atoms. The van der Waals surface area contributed by atoms with Gasteiger partial charge in [0.15, 0.2) is 11.5 Å². The van der Waals surface area contributed by atoms with Crippen molar-refractivity contribution in [1.82, 2.24) is 39.0 Å². The van der Waals surface area contributed by atoms with E-state index in [2.05, 4.69) is 20.4 Å². The van der Waals surface area contributed by atoms with Crippen molar-refractivity contribution in [2.45, 2.75) is 51.1 Å². The predicted octanol–water partition coefficient (Wildman–Crippen LogP) is 4.90. The van der Waals surface area contributed by atoms with Crippen molar-refractivity contribution in [3.8, 4) is 16.9 Å². The number of anilines is 1. The van der Waals surface area contributed by atoms with Crippen LogP contribution in [0.4, 0.5) is 23.7 Å². The van der Waals surface area contributed by atoms with E-state index < -0.39 is 47.5 Å². The van der Waals surface area contributed by atoms with Gasteiger partial charge in [-0.3, -0.25) is 19.3 Å². The maximum atomic E-state index is 14.1. The number of pyridine rings is 1. The number of carbonyl (C=O) groups excluding carboxylic acids is 4. The van der Waals surface area contributed by atoms with Crippen LogP contribution in [0.3, 0.4) is 0 Å². The fourth-order valence-corrected chi connectivity index (χ4v) is 6.69. The summed E-state index contributed by atoms with van der Waals surface area (Å²) in [4.78, 5) is 65.1. The first-order chi connectivity index (χ1) is 25.8. The largest absolute Gasteiger partial charge is 0.444 e. The van der Waals surface area contributed by atoms with Crippen molar-refractivity contribution >= 4 is 52.7 Å². The van der Waals surface area contributed by atoms with E-state index in [1.807, 2.05) is 0 Å². The van der Waals surface area contributed by atoms with E-state index in [-0.39, 0.29) is 89.2 Å². The topological polar surface area (TPSA) is 168 Å². The number of imidazole rings is 1. The maximum absolute atomic E-state index is 14.1. The van der Waals surface area contributed by atoms with Gasteiger partial charge in [0.25, 0.3) is 11.8 Å². The van der Waals surface area contributed by atoms with Crippen molar-refractivity contribution in [3.05, 3.63) is 76.2 Å². The van der Waals surface area contributed by atoms with Crippen LogP contribution < -0.4 is 5.32 Å². The molecule has 0 unspecified atom stereocenters. The second-order valence-electron chi connectivity index (χ2n) is 14.0. The molecule has 0 spiro atoms. The molecule has 2 aliphatic rings. The molecule has 2 aliphatic heterocycles. The Morgan fingerprint density at radius 1 is 0.964 bits per heavy atom. The Balaban J connectivity index is 1.10. The van der Waals surface area contributed by atoms with Crippen molar-refractivity contribution in [2.24, 2.45) is 7.05 Å². The van der Waals surface area contributed by atoms with Gasteiger partial charge in [-0.15, -0.1) is 0 Å². The number of hydrogen-bond acceptors (Lipinski definition) is 9. The number of rotatable bonds is 6. The van der Waals surface area contributed by atoms with Crippen LogP contribution in [0.2, 0.25) is 10.2 Å². The van der Waals surface area contributed by atoms with Crippen molar-refractivity contribution in [1.29, 1.82) is 0 Å². The minimum absolute atomic E-state index is 0.0219. The minimum Gasteiger partial charge on any atom is -0.444 e. The van der Waals surface area contributed by atoms with Crippen molar-refractivity contribution in [3.63, 3.8) is 0 Å². The number of aromatic nitrogens is 5. The monoisotopic (exact) mass is 805 g/mol. The first-order valence-corrected chi connectivity index (χ1v) is 17.7. The van der Waals surface area contributed by atoms with Gasteiger partial charge in [0.05, 0.1) is 52.6 Å². The number of amides is 4. The number of benzene rings is 1. The summed E-state index contributed by atoms with van der Waals surface area (Å²) in [5, 5.41) is 16.7. The third kappa shape index (κ3) is 8.55. The van der Waals surface area contributed by atoms with E-state index in [1.54, 1.807) is 25.7 Å². The SMILES string of the molecule is Cn1c(-c2cn(-c3ccc(Cl)nc3)nc2C(F)(F)F)cnc1C(=O)Nc1ccc(C(=O)N2CCN(C(=O)[C@@H]3C[C@@H](O)CN3C(=O)OC(C)(C)C)CC2)c(Cl)c1. The third-order valence-electron chi connectivity index (χ3n) is 8.95. The van der Waals surface area contributed by atoms with Gasteiger partial charge in [-0.25, -0.2) is 19.4 Å². The Kier molecular flexibility index (Phi) is 10.9. The first kappa shape index (κ1) is 39.5. The van der Waals surface area contributed by atoms with Crippen molar-refractivity contribution < 1.29 is 42.2 Å². The second-order valence-corrected chi connectivity index (χ2v) is 14.8. The molecule has 1 aromatic carbocycles. The molecule has 0 radical (unpaired) electrons. The average Bonchev–Trinajstić information content (AvgIpc) is 3.84. The molecule has 2 saturated heterocycles. The van der Waals surface area contributed by atoms with E-state index in [1.165, 1.54) is 57.9 Å². The van der Waals surface area contributed by atoms with Gasteiger partial charge < -0.3 is 29.5 Å². The molecule has 4 amide bonds. The molecular formula is C35H36Cl2F3N9O6. The maximum Gasteiger partial charge on any atom is 0.435 e. The fraction of sp³-hybridized carbons (Fsp3) is 0.400. The van der Waals surface area contributed by atoms with Crippen LogP contribution >= 0.6 is 23.2 Å². The number of ether oxygens (including phenoxy) is 1. The molecule has 0 saturated carbocycles. The summed E-state index contributed by atoms with van der Waals surface area (Å²) in [6, 6.07) is 6.20. The molecule has 6 rings (SSSR count). The number of halogens is 5.